The number of ether oxygens (including phenoxy) is 1. The lowest BCUT2D eigenvalue weighted by Crippen LogP contribution is -2.49. The minimum atomic E-state index is -0.359. The molecule has 2 aromatic heterocycles. The lowest BCUT2D eigenvalue weighted by molar-refractivity contribution is 0.0734. The number of hydrogen-bond acceptors (Lipinski definition) is 7. The molecule has 32 heavy (non-hydrogen) atoms. The minimum absolute atomic E-state index is 0.123. The summed E-state index contributed by atoms with van der Waals surface area (Å²) >= 11 is 0. The molecule has 9 heteroatoms. The van der Waals surface area contributed by atoms with E-state index in [1.165, 1.54) is 30.7 Å². The van der Waals surface area contributed by atoms with E-state index in [-0.39, 0.29) is 22.9 Å². The maximum absolute atomic E-state index is 13.3. The van der Waals surface area contributed by atoms with Gasteiger partial charge in [0.05, 0.1) is 24.6 Å². The third-order valence-corrected chi connectivity index (χ3v) is 5.88. The summed E-state index contributed by atoms with van der Waals surface area (Å²) in [7, 11) is 1.43. The van der Waals surface area contributed by atoms with Crippen LogP contribution in [-0.2, 0) is 0 Å². The molecule has 1 aliphatic heterocycles. The maximum atomic E-state index is 13.3. The third-order valence-electron chi connectivity index (χ3n) is 5.88. The van der Waals surface area contributed by atoms with Crippen LogP contribution < -0.4 is 15.2 Å². The molecule has 2 aliphatic rings. The number of carbonyl (C=O) groups excluding carboxylic acids is 1. The van der Waals surface area contributed by atoms with Gasteiger partial charge in [-0.25, -0.2) is 0 Å². The fraction of sp³-hybridized carbons (Fsp3) is 0.348. The Morgan fingerprint density at radius 3 is 2.38 bits per heavy atom. The van der Waals surface area contributed by atoms with Gasteiger partial charge in [0.25, 0.3) is 11.5 Å². The molecule has 2 fully saturated rings. The Kier molecular flexibility index (Phi) is 5.30. The highest BCUT2D eigenvalue weighted by Crippen LogP contribution is 2.38. The number of anilines is 1. The van der Waals surface area contributed by atoms with Crippen LogP contribution in [0.2, 0.25) is 0 Å². The van der Waals surface area contributed by atoms with Crippen molar-refractivity contribution in [2.45, 2.75) is 18.8 Å². The smallest absolute Gasteiger partial charge is 0.278 e. The van der Waals surface area contributed by atoms with E-state index in [2.05, 4.69) is 26.3 Å². The third kappa shape index (κ3) is 3.93. The van der Waals surface area contributed by atoms with Gasteiger partial charge in [0.15, 0.2) is 17.3 Å². The molecule has 1 saturated heterocycles. The first kappa shape index (κ1) is 20.2. The topological polar surface area (TPSA) is 93.5 Å². The van der Waals surface area contributed by atoms with Gasteiger partial charge in [-0.15, -0.1) is 5.10 Å². The molecule has 3 aromatic rings. The van der Waals surface area contributed by atoms with Crippen LogP contribution in [0, 0.1) is 0 Å². The van der Waals surface area contributed by atoms with Gasteiger partial charge in [-0.3, -0.25) is 9.59 Å². The molecule has 3 heterocycles. The lowest BCUT2D eigenvalue weighted by atomic mass is 10.2. The number of para-hydroxylation sites is 1. The Bertz CT molecular complexity index is 1170. The highest BCUT2D eigenvalue weighted by molar-refractivity contribution is 5.95. The van der Waals surface area contributed by atoms with E-state index >= 15 is 0 Å². The molecule has 1 amide bonds. The van der Waals surface area contributed by atoms with Gasteiger partial charge >= 0.3 is 0 Å². The molecule has 1 aliphatic carbocycles. The number of methoxy groups -OCH3 is 1. The fourth-order valence-corrected chi connectivity index (χ4v) is 3.89. The molecule has 9 nitrogen and oxygen atoms in total. The van der Waals surface area contributed by atoms with Crippen molar-refractivity contribution >= 4 is 11.7 Å². The van der Waals surface area contributed by atoms with Crippen molar-refractivity contribution in [1.82, 2.24) is 24.9 Å². The molecule has 0 radical (unpaired) electrons. The van der Waals surface area contributed by atoms with E-state index in [1.807, 2.05) is 24.3 Å². The summed E-state index contributed by atoms with van der Waals surface area (Å²) in [6.45, 7) is 2.31. The first-order chi connectivity index (χ1) is 15.6. The second-order valence-electron chi connectivity index (χ2n) is 8.02. The van der Waals surface area contributed by atoms with Gasteiger partial charge in [0.2, 0.25) is 0 Å². The molecule has 5 rings (SSSR count). The Morgan fingerprint density at radius 2 is 1.75 bits per heavy atom. The van der Waals surface area contributed by atoms with E-state index in [0.717, 1.165) is 11.5 Å². The van der Waals surface area contributed by atoms with Crippen LogP contribution in [-0.4, -0.2) is 64.1 Å². The highest BCUT2D eigenvalue weighted by atomic mass is 16.5. The number of hydrogen-bond donors (Lipinski definition) is 0. The summed E-state index contributed by atoms with van der Waals surface area (Å²) in [5, 5.41) is 13.1. The van der Waals surface area contributed by atoms with Gasteiger partial charge in [0.1, 0.15) is 0 Å². The highest BCUT2D eigenvalue weighted by Gasteiger charge is 2.28. The van der Waals surface area contributed by atoms with Crippen molar-refractivity contribution in [3.05, 3.63) is 70.3 Å². The maximum Gasteiger partial charge on any atom is 0.278 e. The van der Waals surface area contributed by atoms with E-state index in [1.54, 1.807) is 17.0 Å². The zero-order valence-corrected chi connectivity index (χ0v) is 17.8. The average Bonchev–Trinajstić information content (AvgIpc) is 3.70. The number of rotatable bonds is 5. The molecule has 0 unspecified atom stereocenters. The summed E-state index contributed by atoms with van der Waals surface area (Å²) in [6, 6.07) is 14.4. The van der Waals surface area contributed by atoms with Crippen LogP contribution in [0.5, 0.6) is 5.75 Å². The standard InChI is InChI=1S/C23H24N6O3/c1-32-19-15-21(30)29(17-5-3-2-4-6-17)26-22(19)23(31)28-13-11-27(12-14-28)20-10-9-18(24-25-20)16-7-8-16/h2-6,9-10,15-16H,7-8,11-14H2,1H3. The van der Waals surface area contributed by atoms with Gasteiger partial charge in [-0.05, 0) is 37.1 Å². The van der Waals surface area contributed by atoms with Crippen molar-refractivity contribution in [2.24, 2.45) is 0 Å². The lowest BCUT2D eigenvalue weighted by Gasteiger charge is -2.35. The Morgan fingerprint density at radius 1 is 1.00 bits per heavy atom. The van der Waals surface area contributed by atoms with Crippen molar-refractivity contribution in [1.29, 1.82) is 0 Å². The number of nitrogens with zero attached hydrogens (tertiary/aromatic N) is 6. The predicted molar refractivity (Wildman–Crippen MR) is 119 cm³/mol. The number of benzene rings is 1. The molecule has 0 atom stereocenters. The largest absolute Gasteiger partial charge is 0.494 e. The number of carbonyl (C=O) groups is 1. The van der Waals surface area contributed by atoms with Gasteiger partial charge in [-0.2, -0.15) is 14.9 Å². The summed E-state index contributed by atoms with van der Waals surface area (Å²) in [6.07, 6.45) is 2.40. The van der Waals surface area contributed by atoms with Crippen molar-refractivity contribution in [2.75, 3.05) is 38.2 Å². The molecule has 1 saturated carbocycles. The first-order valence-corrected chi connectivity index (χ1v) is 10.8. The normalized spacial score (nSPS) is 16.2. The first-order valence-electron chi connectivity index (χ1n) is 10.8. The van der Waals surface area contributed by atoms with Crippen LogP contribution in [0.1, 0.15) is 34.9 Å². The average molecular weight is 432 g/mol. The van der Waals surface area contributed by atoms with E-state index in [0.29, 0.717) is 37.8 Å². The zero-order valence-electron chi connectivity index (χ0n) is 17.8. The Hall–Kier alpha value is -3.75. The van der Waals surface area contributed by atoms with Crippen LogP contribution in [0.4, 0.5) is 5.82 Å². The second-order valence-corrected chi connectivity index (χ2v) is 8.02. The van der Waals surface area contributed by atoms with Gasteiger partial charge < -0.3 is 14.5 Å². The van der Waals surface area contributed by atoms with E-state index < -0.39 is 0 Å². The van der Waals surface area contributed by atoms with Crippen molar-refractivity contribution in [3.8, 4) is 11.4 Å². The summed E-state index contributed by atoms with van der Waals surface area (Å²) in [5.41, 5.74) is 1.42. The minimum Gasteiger partial charge on any atom is -0.494 e. The zero-order chi connectivity index (χ0) is 22.1. The predicted octanol–water partition coefficient (Wildman–Crippen LogP) is 1.87. The molecule has 0 spiro atoms. The van der Waals surface area contributed by atoms with Crippen molar-refractivity contribution < 1.29 is 9.53 Å². The molecule has 1 aromatic carbocycles. The quantitative estimate of drug-likeness (QED) is 0.608. The summed E-state index contributed by atoms with van der Waals surface area (Å²) in [4.78, 5) is 29.6. The number of amides is 1. The van der Waals surface area contributed by atoms with Gasteiger partial charge in [0, 0.05) is 32.1 Å². The van der Waals surface area contributed by atoms with E-state index in [4.69, 9.17) is 4.74 Å². The Balaban J connectivity index is 1.33. The molecule has 0 N–H and O–H groups in total. The number of piperazine rings is 1. The SMILES string of the molecule is COc1cc(=O)n(-c2ccccc2)nc1C(=O)N1CCN(c2ccc(C3CC3)nn2)CC1. The van der Waals surface area contributed by atoms with Crippen LogP contribution >= 0.6 is 0 Å². The van der Waals surface area contributed by atoms with E-state index in [9.17, 15) is 9.59 Å². The number of aromatic nitrogens is 4. The molecule has 0 bridgehead atoms. The second kappa shape index (κ2) is 8.41. The fourth-order valence-electron chi connectivity index (χ4n) is 3.89. The van der Waals surface area contributed by atoms with Crippen molar-refractivity contribution in [3.63, 3.8) is 0 Å². The monoisotopic (exact) mass is 432 g/mol. The molecular formula is C23H24N6O3. The molecular weight excluding hydrogens is 408 g/mol. The summed E-state index contributed by atoms with van der Waals surface area (Å²) in [5.74, 6) is 1.32. The van der Waals surface area contributed by atoms with Crippen LogP contribution in [0.15, 0.2) is 53.3 Å². The molecule has 164 valence electrons. The van der Waals surface area contributed by atoms with Crippen LogP contribution in [0.3, 0.4) is 0 Å². The van der Waals surface area contributed by atoms with Gasteiger partial charge in [-0.1, -0.05) is 18.2 Å². The Labute approximate surface area is 185 Å². The van der Waals surface area contributed by atoms with Crippen LogP contribution in [0.25, 0.3) is 5.69 Å². The summed E-state index contributed by atoms with van der Waals surface area (Å²) < 4.78 is 6.53.